The van der Waals surface area contributed by atoms with E-state index in [1.165, 1.54) is 16.8 Å². The first-order chi connectivity index (χ1) is 6.07. The summed E-state index contributed by atoms with van der Waals surface area (Å²) in [6.45, 7) is -4.94. The normalized spacial score (nSPS) is 11.4. The van der Waals surface area contributed by atoms with Crippen LogP contribution in [0, 0.1) is 0 Å². The van der Waals surface area contributed by atoms with Crippen molar-refractivity contribution in [3.05, 3.63) is 24.7 Å². The molecule has 0 aliphatic rings. The van der Waals surface area contributed by atoms with Gasteiger partial charge >= 0.3 is 58.4 Å². The number of halogens is 3. The molecule has 14 heavy (non-hydrogen) atoms. The largest absolute Gasteiger partial charge is 1.00 e. The molecule has 2 aromatic heterocycles. The van der Waals surface area contributed by atoms with Crippen LogP contribution in [-0.4, -0.2) is 21.6 Å². The van der Waals surface area contributed by atoms with E-state index in [1.807, 2.05) is 0 Å². The second-order valence-electron chi connectivity index (χ2n) is 2.63. The quantitative estimate of drug-likeness (QED) is 0.515. The van der Waals surface area contributed by atoms with Crippen molar-refractivity contribution in [3.8, 4) is 0 Å². The molecule has 0 fully saturated rings. The minimum atomic E-state index is -4.94. The van der Waals surface area contributed by atoms with Crippen molar-refractivity contribution < 1.29 is 64.3 Å². The molecule has 2 heterocycles. The van der Waals surface area contributed by atoms with Crippen LogP contribution < -0.4 is 56.8 Å². The molecule has 0 atom stereocenters. The summed E-state index contributed by atoms with van der Waals surface area (Å²) in [5, 5.41) is 7.07. The molecule has 0 amide bonds. The first-order valence-corrected chi connectivity index (χ1v) is 3.56. The summed E-state index contributed by atoms with van der Waals surface area (Å²) in [4.78, 5) is 0. The fraction of sp³-hybridized carbons (Fsp3) is 0. The summed E-state index contributed by atoms with van der Waals surface area (Å²) >= 11 is 0. The van der Waals surface area contributed by atoms with Gasteiger partial charge in [0, 0.05) is 0 Å². The van der Waals surface area contributed by atoms with Crippen LogP contribution in [0.5, 0.6) is 0 Å². The number of pyridine rings is 1. The number of hydrogen-bond acceptors (Lipinski definition) is 2. The number of hydrogen-bond donors (Lipinski definition) is 0. The Labute approximate surface area is 120 Å². The van der Waals surface area contributed by atoms with Gasteiger partial charge in [-0.2, -0.15) is 0 Å². The van der Waals surface area contributed by atoms with Crippen molar-refractivity contribution in [3.63, 3.8) is 0 Å². The van der Waals surface area contributed by atoms with Gasteiger partial charge in [-0.1, -0.05) is 11.5 Å². The molecule has 0 saturated carbocycles. The molecular formula is C6H4BF3KN3. The minimum absolute atomic E-state index is 0. The number of fused-ring (bicyclic) bond motifs is 1. The SMILES string of the molecule is F[B-](F)(F)c1ccc2nncn2c1.[K+]. The van der Waals surface area contributed by atoms with Crippen LogP contribution in [0.25, 0.3) is 5.65 Å². The predicted octanol–water partition coefficient (Wildman–Crippen LogP) is -2.21. The van der Waals surface area contributed by atoms with Crippen LogP contribution in [0.4, 0.5) is 12.9 Å². The Bertz CT molecular complexity index is 441. The average Bonchev–Trinajstić information content (AvgIpc) is 2.47. The number of nitrogens with zero attached hydrogens (tertiary/aromatic N) is 3. The van der Waals surface area contributed by atoms with Crippen LogP contribution in [0.2, 0.25) is 0 Å². The fourth-order valence-corrected chi connectivity index (χ4v) is 1.04. The van der Waals surface area contributed by atoms with Gasteiger partial charge in [0.1, 0.15) is 6.33 Å². The first-order valence-electron chi connectivity index (χ1n) is 3.56. The third kappa shape index (κ3) is 2.37. The van der Waals surface area contributed by atoms with E-state index >= 15 is 0 Å². The third-order valence-electron chi connectivity index (χ3n) is 1.69. The Balaban J connectivity index is 0.000000980. The van der Waals surface area contributed by atoms with Gasteiger partial charge in [0.2, 0.25) is 0 Å². The molecule has 3 nitrogen and oxygen atoms in total. The monoisotopic (exact) mass is 225 g/mol. The molecule has 8 heteroatoms. The Morgan fingerprint density at radius 3 is 2.57 bits per heavy atom. The summed E-state index contributed by atoms with van der Waals surface area (Å²) in [6, 6.07) is 2.29. The zero-order valence-electron chi connectivity index (χ0n) is 7.36. The molecule has 0 aliphatic heterocycles. The van der Waals surface area contributed by atoms with Crippen molar-refractivity contribution in [2.75, 3.05) is 0 Å². The minimum Gasteiger partial charge on any atom is -0.445 e. The second-order valence-corrected chi connectivity index (χ2v) is 2.63. The van der Waals surface area contributed by atoms with Gasteiger partial charge in [-0.25, -0.2) is 0 Å². The van der Waals surface area contributed by atoms with Crippen LogP contribution in [0.15, 0.2) is 24.7 Å². The molecule has 0 spiro atoms. The van der Waals surface area contributed by atoms with Crippen molar-refractivity contribution in [1.82, 2.24) is 14.6 Å². The third-order valence-corrected chi connectivity index (χ3v) is 1.69. The van der Waals surface area contributed by atoms with E-state index < -0.39 is 12.4 Å². The summed E-state index contributed by atoms with van der Waals surface area (Å²) in [5.74, 6) is 0. The fourth-order valence-electron chi connectivity index (χ4n) is 1.04. The average molecular weight is 225 g/mol. The van der Waals surface area contributed by atoms with Crippen molar-refractivity contribution in [1.29, 1.82) is 0 Å². The molecular weight excluding hydrogens is 221 g/mol. The van der Waals surface area contributed by atoms with Crippen molar-refractivity contribution in [2.24, 2.45) is 0 Å². The number of aromatic nitrogens is 3. The maximum atomic E-state index is 12.2. The summed E-state index contributed by atoms with van der Waals surface area (Å²) in [6.07, 6.45) is 2.22. The summed E-state index contributed by atoms with van der Waals surface area (Å²) in [5.41, 5.74) is -0.240. The Kier molecular flexibility index (Phi) is 3.75. The molecule has 0 saturated heterocycles. The van der Waals surface area contributed by atoms with E-state index in [0.717, 1.165) is 12.3 Å². The van der Waals surface area contributed by atoms with E-state index in [0.29, 0.717) is 5.65 Å². The zero-order chi connectivity index (χ0) is 9.47. The van der Waals surface area contributed by atoms with E-state index in [1.54, 1.807) is 0 Å². The summed E-state index contributed by atoms with van der Waals surface area (Å²) < 4.78 is 37.9. The Morgan fingerprint density at radius 2 is 1.93 bits per heavy atom. The van der Waals surface area contributed by atoms with Crippen molar-refractivity contribution in [2.45, 2.75) is 0 Å². The topological polar surface area (TPSA) is 30.2 Å². The smallest absolute Gasteiger partial charge is 0.445 e. The van der Waals surface area contributed by atoms with Crippen LogP contribution in [0.1, 0.15) is 0 Å². The maximum absolute atomic E-state index is 12.2. The van der Waals surface area contributed by atoms with Gasteiger partial charge < -0.3 is 12.9 Å². The zero-order valence-corrected chi connectivity index (χ0v) is 10.5. The van der Waals surface area contributed by atoms with Gasteiger partial charge in [-0.15, -0.1) is 10.2 Å². The molecule has 0 radical (unpaired) electrons. The van der Waals surface area contributed by atoms with E-state index in [-0.39, 0.29) is 51.4 Å². The van der Waals surface area contributed by atoms with E-state index in [2.05, 4.69) is 10.2 Å². The Hall–Kier alpha value is 0.111. The van der Waals surface area contributed by atoms with Gasteiger partial charge in [0.05, 0.1) is 0 Å². The van der Waals surface area contributed by atoms with Crippen LogP contribution in [0.3, 0.4) is 0 Å². The molecule has 0 N–H and O–H groups in total. The molecule has 68 valence electrons. The second kappa shape index (κ2) is 4.32. The van der Waals surface area contributed by atoms with Gasteiger partial charge in [-0.05, 0) is 12.3 Å². The van der Waals surface area contributed by atoms with Crippen LogP contribution in [-0.2, 0) is 0 Å². The van der Waals surface area contributed by atoms with Gasteiger partial charge in [-0.3, -0.25) is 4.40 Å². The van der Waals surface area contributed by atoms with Gasteiger partial charge in [0.15, 0.2) is 5.65 Å². The maximum Gasteiger partial charge on any atom is 1.00 e. The molecule has 0 aromatic carbocycles. The molecule has 2 rings (SSSR count). The number of rotatable bonds is 1. The molecule has 0 aliphatic carbocycles. The van der Waals surface area contributed by atoms with E-state index in [9.17, 15) is 12.9 Å². The predicted molar refractivity (Wildman–Crippen MR) is 41.7 cm³/mol. The summed E-state index contributed by atoms with van der Waals surface area (Å²) in [7, 11) is 0. The Morgan fingerprint density at radius 1 is 1.21 bits per heavy atom. The molecule has 2 aromatic rings. The van der Waals surface area contributed by atoms with Gasteiger partial charge in [0.25, 0.3) is 0 Å². The van der Waals surface area contributed by atoms with E-state index in [4.69, 9.17) is 0 Å². The molecule has 0 bridgehead atoms. The van der Waals surface area contributed by atoms with Crippen molar-refractivity contribution >= 4 is 18.1 Å². The molecule has 0 unspecified atom stereocenters. The van der Waals surface area contributed by atoms with Crippen LogP contribution >= 0.6 is 0 Å². The first kappa shape index (κ1) is 12.2. The standard InChI is InChI=1S/C6H4BF3N3.K/c8-7(9,10)5-1-2-6-12-11-4-13(6)3-5;/h1-4H;/q-1;+1.